The van der Waals surface area contributed by atoms with Crippen LogP contribution in [0.4, 0.5) is 0 Å². The molecule has 1 aliphatic rings. The fourth-order valence-electron chi connectivity index (χ4n) is 2.40. The molecule has 2 rings (SSSR count). The minimum absolute atomic E-state index is 0.0395. The van der Waals surface area contributed by atoms with Gasteiger partial charge in [-0.3, -0.25) is 14.4 Å². The average molecular weight is 488 g/mol. The molecule has 0 aromatic carbocycles. The zero-order valence-electron chi connectivity index (χ0n) is 16.4. The van der Waals surface area contributed by atoms with Gasteiger partial charge in [0.25, 0.3) is 5.91 Å². The Morgan fingerprint density at radius 2 is 1.97 bits per heavy atom. The van der Waals surface area contributed by atoms with Crippen molar-refractivity contribution in [1.82, 2.24) is 15.4 Å². The van der Waals surface area contributed by atoms with Gasteiger partial charge in [-0.05, 0) is 35.8 Å². The van der Waals surface area contributed by atoms with E-state index in [4.69, 9.17) is 0 Å². The Morgan fingerprint density at radius 3 is 2.65 bits per heavy atom. The fraction of sp³-hybridized carbons (Fsp3) is 0.444. The van der Waals surface area contributed by atoms with Gasteiger partial charge in [-0.1, -0.05) is 28.3 Å². The van der Waals surface area contributed by atoms with Crippen LogP contribution in [0.15, 0.2) is 29.4 Å². The molecule has 3 amide bonds. The van der Waals surface area contributed by atoms with Crippen molar-refractivity contribution in [3.8, 4) is 0 Å². The van der Waals surface area contributed by atoms with Gasteiger partial charge in [0.2, 0.25) is 16.2 Å². The first-order chi connectivity index (χ1) is 14.9. The highest BCUT2D eigenvalue weighted by atomic mass is 33.1. The number of nitrogens with one attached hydrogen (secondary N) is 1. The fourth-order valence-corrected chi connectivity index (χ4v) is 4.74. The number of unbranched alkanes of at least 4 members (excludes halogenated alkanes) is 2. The van der Waals surface area contributed by atoms with Crippen LogP contribution in [0.5, 0.6) is 0 Å². The highest BCUT2D eigenvalue weighted by Gasteiger charge is 2.39. The SMILES string of the molecule is O=C(CCSSc1ccccn1)NCCCCCC(=O)ON1C(=O)CC(=S(=O)=O)C1=O. The van der Waals surface area contributed by atoms with Crippen molar-refractivity contribution in [3.63, 3.8) is 0 Å². The Morgan fingerprint density at radius 1 is 1.16 bits per heavy atom. The van der Waals surface area contributed by atoms with Gasteiger partial charge in [-0.15, -0.1) is 0 Å². The van der Waals surface area contributed by atoms with Crippen LogP contribution < -0.4 is 5.32 Å². The zero-order valence-corrected chi connectivity index (χ0v) is 18.9. The summed E-state index contributed by atoms with van der Waals surface area (Å²) in [6.45, 7) is 0.475. The monoisotopic (exact) mass is 487 g/mol. The van der Waals surface area contributed by atoms with E-state index in [2.05, 4.69) is 15.1 Å². The second-order valence-electron chi connectivity index (χ2n) is 6.28. The molecule has 10 nitrogen and oxygen atoms in total. The predicted octanol–water partition coefficient (Wildman–Crippen LogP) is 1.16. The molecule has 1 saturated heterocycles. The molecule has 0 atom stereocenters. The lowest BCUT2D eigenvalue weighted by atomic mass is 10.2. The third kappa shape index (κ3) is 8.71. The number of nitrogens with zero attached hydrogens (tertiary/aromatic N) is 2. The summed E-state index contributed by atoms with van der Waals surface area (Å²) in [6.07, 6.45) is 3.18. The molecule has 0 saturated carbocycles. The summed E-state index contributed by atoms with van der Waals surface area (Å²) >= 11 is 0. The zero-order chi connectivity index (χ0) is 22.6. The first-order valence-electron chi connectivity index (χ1n) is 9.39. The predicted molar refractivity (Wildman–Crippen MR) is 115 cm³/mol. The van der Waals surface area contributed by atoms with Gasteiger partial charge in [0, 0.05) is 31.3 Å². The second kappa shape index (κ2) is 13.1. The summed E-state index contributed by atoms with van der Waals surface area (Å²) in [5, 5.41) is 3.89. The number of hydroxylamine groups is 2. The molecule has 1 aromatic heterocycles. The summed E-state index contributed by atoms with van der Waals surface area (Å²) in [5.41, 5.74) is 0. The van der Waals surface area contributed by atoms with Crippen LogP contribution in [0.2, 0.25) is 0 Å². The normalized spacial score (nSPS) is 13.4. The third-order valence-corrected chi connectivity index (χ3v) is 6.92. The molecule has 0 spiro atoms. The van der Waals surface area contributed by atoms with Gasteiger partial charge in [-0.25, -0.2) is 9.78 Å². The lowest BCUT2D eigenvalue weighted by Crippen LogP contribution is -2.33. The van der Waals surface area contributed by atoms with E-state index in [1.807, 2.05) is 18.2 Å². The molecule has 2 heterocycles. The van der Waals surface area contributed by atoms with Gasteiger partial charge in [-0.2, -0.15) is 8.42 Å². The highest BCUT2D eigenvalue weighted by Crippen LogP contribution is 2.29. The Labute approximate surface area is 188 Å². The quantitative estimate of drug-likeness (QED) is 0.198. The van der Waals surface area contributed by atoms with Gasteiger partial charge >= 0.3 is 11.9 Å². The number of amides is 3. The number of hydrogen-bond donors (Lipinski definition) is 1. The first kappa shape index (κ1) is 24.9. The minimum atomic E-state index is -2.83. The number of pyridine rings is 1. The molecule has 0 radical (unpaired) electrons. The number of rotatable bonds is 12. The molecule has 1 aliphatic heterocycles. The summed E-state index contributed by atoms with van der Waals surface area (Å²) in [7, 11) is 0.243. The van der Waals surface area contributed by atoms with Crippen molar-refractivity contribution < 1.29 is 32.4 Å². The largest absolute Gasteiger partial charge is 0.356 e. The van der Waals surface area contributed by atoms with Crippen molar-refractivity contribution in [2.75, 3.05) is 12.3 Å². The summed E-state index contributed by atoms with van der Waals surface area (Å²) in [5.74, 6) is -2.22. The van der Waals surface area contributed by atoms with Crippen LogP contribution in [-0.2, 0) is 34.3 Å². The first-order valence-corrected chi connectivity index (χ1v) is 12.8. The maximum atomic E-state index is 11.8. The molecule has 0 unspecified atom stereocenters. The molecule has 1 fully saturated rings. The molecule has 31 heavy (non-hydrogen) atoms. The Hall–Kier alpha value is -2.38. The van der Waals surface area contributed by atoms with Gasteiger partial charge in [0.1, 0.15) is 9.89 Å². The van der Waals surface area contributed by atoms with Crippen molar-refractivity contribution >= 4 is 60.4 Å². The van der Waals surface area contributed by atoms with Crippen molar-refractivity contribution in [1.29, 1.82) is 0 Å². The van der Waals surface area contributed by atoms with Crippen LogP contribution in [0.3, 0.4) is 0 Å². The third-order valence-electron chi connectivity index (χ3n) is 3.93. The molecular formula is C18H21N3O7S3. The Balaban J connectivity index is 1.50. The van der Waals surface area contributed by atoms with Crippen molar-refractivity contribution in [2.24, 2.45) is 0 Å². The number of imide groups is 1. The standard InChI is InChI=1S/C18H21N3O7S3/c22-14(8-11-29-30-15-6-3-5-10-20-15)19-9-4-1-2-7-17(24)28-21-16(23)12-13(18(21)25)31(26)27/h3,5-6,10H,1-2,4,7-9,11-12H2,(H,19,22). The number of carbonyl (C=O) groups is 4. The van der Waals surface area contributed by atoms with E-state index in [-0.39, 0.29) is 17.4 Å². The van der Waals surface area contributed by atoms with Crippen LogP contribution in [0, 0.1) is 0 Å². The highest BCUT2D eigenvalue weighted by molar-refractivity contribution is 8.76. The molecule has 1 N–H and O–H groups in total. The van der Waals surface area contributed by atoms with Crippen LogP contribution in [-0.4, -0.2) is 59.3 Å². The maximum absolute atomic E-state index is 11.8. The van der Waals surface area contributed by atoms with Crippen LogP contribution in [0.25, 0.3) is 0 Å². The molecule has 13 heteroatoms. The van der Waals surface area contributed by atoms with E-state index >= 15 is 0 Å². The molecule has 0 bridgehead atoms. The van der Waals surface area contributed by atoms with E-state index in [0.29, 0.717) is 38.0 Å². The van der Waals surface area contributed by atoms with Gasteiger partial charge in [0.15, 0.2) is 0 Å². The Kier molecular flexibility index (Phi) is 10.5. The lowest BCUT2D eigenvalue weighted by molar-refractivity contribution is -0.196. The molecular weight excluding hydrogens is 466 g/mol. The number of carbonyl (C=O) groups excluding carboxylic acids is 4. The van der Waals surface area contributed by atoms with E-state index < -0.39 is 39.4 Å². The van der Waals surface area contributed by atoms with Gasteiger partial charge < -0.3 is 10.2 Å². The van der Waals surface area contributed by atoms with E-state index in [0.717, 1.165) is 5.03 Å². The van der Waals surface area contributed by atoms with Crippen molar-refractivity contribution in [3.05, 3.63) is 24.4 Å². The summed E-state index contributed by atoms with van der Waals surface area (Å²) in [4.78, 5) is 55.0. The van der Waals surface area contributed by atoms with E-state index in [1.54, 1.807) is 17.0 Å². The topological polar surface area (TPSA) is 140 Å². The molecule has 168 valence electrons. The van der Waals surface area contributed by atoms with E-state index in [9.17, 15) is 27.6 Å². The van der Waals surface area contributed by atoms with Crippen LogP contribution in [0.1, 0.15) is 38.5 Å². The average Bonchev–Trinajstić information content (AvgIpc) is 3.03. The lowest BCUT2D eigenvalue weighted by Gasteiger charge is -2.11. The molecule has 0 aliphatic carbocycles. The molecule has 1 aromatic rings. The number of hydrogen-bond acceptors (Lipinski definition) is 10. The van der Waals surface area contributed by atoms with E-state index in [1.165, 1.54) is 10.8 Å². The second-order valence-corrected chi connectivity index (χ2v) is 9.67. The number of aromatic nitrogens is 1. The Bertz CT molecular complexity index is 943. The summed E-state index contributed by atoms with van der Waals surface area (Å²) < 4.78 is 21.7. The van der Waals surface area contributed by atoms with Crippen molar-refractivity contribution in [2.45, 2.75) is 43.6 Å². The summed E-state index contributed by atoms with van der Waals surface area (Å²) in [6, 6.07) is 5.65. The maximum Gasteiger partial charge on any atom is 0.333 e. The minimum Gasteiger partial charge on any atom is -0.356 e. The van der Waals surface area contributed by atoms with Gasteiger partial charge in [0.05, 0.1) is 6.42 Å². The smallest absolute Gasteiger partial charge is 0.333 e. The van der Waals surface area contributed by atoms with Crippen LogP contribution >= 0.6 is 21.6 Å².